The number of anilines is 3. The SMILES string of the molecule is Cn1nc(CCNC(=O)c2cc(N([O-])[O-])cc(N(O)O)c2)c2c(N)ncnc21. The van der Waals surface area contributed by atoms with Gasteiger partial charge in [-0.2, -0.15) is 5.10 Å². The quantitative estimate of drug-likeness (QED) is 0.424. The first-order chi connectivity index (χ1) is 13.3. The molecule has 5 N–H and O–H groups in total. The van der Waals surface area contributed by atoms with E-state index < -0.39 is 16.8 Å². The van der Waals surface area contributed by atoms with Crippen LogP contribution in [-0.2, 0) is 13.5 Å². The van der Waals surface area contributed by atoms with Gasteiger partial charge in [0.1, 0.15) is 12.1 Å². The summed E-state index contributed by atoms with van der Waals surface area (Å²) < 4.78 is 1.55. The van der Waals surface area contributed by atoms with E-state index in [9.17, 15) is 15.2 Å². The standard InChI is InChI=1S/C15H16N8O5/c1-21-14-12(13(16)18-7-19-14)11(20-21)2-3-17-15(24)8-4-9(22(25)26)6-10(5-8)23(27)28/h4-7,25-26H,2-3H2,1H3,(H,17,24)(H2,16,18,19)/q-2. The smallest absolute Gasteiger partial charge is 0.251 e. The molecule has 3 aromatic rings. The number of fused-ring (bicyclic) bond motifs is 1. The number of nitrogen functional groups attached to an aromatic ring is 1. The molecule has 0 fully saturated rings. The monoisotopic (exact) mass is 388 g/mol. The van der Waals surface area contributed by atoms with Crippen molar-refractivity contribution >= 4 is 34.1 Å². The van der Waals surface area contributed by atoms with Crippen LogP contribution in [0.3, 0.4) is 0 Å². The van der Waals surface area contributed by atoms with Gasteiger partial charge in [-0.15, -0.1) is 5.23 Å². The van der Waals surface area contributed by atoms with E-state index in [0.29, 0.717) is 23.1 Å². The Kier molecular flexibility index (Phi) is 5.23. The lowest BCUT2D eigenvalue weighted by Crippen LogP contribution is -2.26. The molecule has 0 aliphatic rings. The third-order valence-corrected chi connectivity index (χ3v) is 3.98. The fraction of sp³-hybridized carbons (Fsp3) is 0.200. The van der Waals surface area contributed by atoms with Gasteiger partial charge < -0.3 is 26.7 Å². The van der Waals surface area contributed by atoms with E-state index in [1.807, 2.05) is 0 Å². The zero-order chi connectivity index (χ0) is 20.4. The summed E-state index contributed by atoms with van der Waals surface area (Å²) in [7, 11) is 1.71. The number of amides is 1. The lowest BCUT2D eigenvalue weighted by molar-refractivity contribution is 0.0291. The number of aryl methyl sites for hydroxylation is 1. The number of rotatable bonds is 6. The maximum Gasteiger partial charge on any atom is 0.251 e. The van der Waals surface area contributed by atoms with E-state index in [2.05, 4.69) is 20.4 Å². The minimum absolute atomic E-state index is 0.106. The molecule has 3 rings (SSSR count). The fourth-order valence-electron chi connectivity index (χ4n) is 2.71. The molecule has 13 nitrogen and oxygen atoms in total. The van der Waals surface area contributed by atoms with Crippen LogP contribution in [0.4, 0.5) is 17.2 Å². The average molecular weight is 388 g/mol. The summed E-state index contributed by atoms with van der Waals surface area (Å²) in [6, 6.07) is 3.05. The van der Waals surface area contributed by atoms with Crippen molar-refractivity contribution in [3.8, 4) is 0 Å². The van der Waals surface area contributed by atoms with Crippen molar-refractivity contribution in [3.63, 3.8) is 0 Å². The van der Waals surface area contributed by atoms with E-state index in [0.717, 1.165) is 18.2 Å². The topological polar surface area (TPSA) is 192 Å². The molecule has 13 heteroatoms. The largest absolute Gasteiger partial charge is 0.769 e. The summed E-state index contributed by atoms with van der Waals surface area (Å²) in [5.41, 5.74) is 6.14. The highest BCUT2D eigenvalue weighted by Crippen LogP contribution is 2.24. The summed E-state index contributed by atoms with van der Waals surface area (Å²) in [6.07, 6.45) is 1.64. The number of hydrogen-bond acceptors (Lipinski definition) is 11. The van der Waals surface area contributed by atoms with Gasteiger partial charge >= 0.3 is 0 Å². The Morgan fingerprint density at radius 2 is 1.96 bits per heavy atom. The molecule has 1 aromatic carbocycles. The highest BCUT2D eigenvalue weighted by atomic mass is 16.8. The number of nitrogens with zero attached hydrogens (tertiary/aromatic N) is 6. The first kappa shape index (κ1) is 19.2. The van der Waals surface area contributed by atoms with Gasteiger partial charge in [-0.05, 0) is 18.2 Å². The van der Waals surface area contributed by atoms with Crippen molar-refractivity contribution < 1.29 is 15.2 Å². The van der Waals surface area contributed by atoms with Gasteiger partial charge in [0.25, 0.3) is 5.91 Å². The van der Waals surface area contributed by atoms with Crippen LogP contribution in [0.1, 0.15) is 16.1 Å². The van der Waals surface area contributed by atoms with Crippen LogP contribution in [0.25, 0.3) is 11.0 Å². The molecule has 0 bridgehead atoms. The van der Waals surface area contributed by atoms with E-state index in [-0.39, 0.29) is 28.8 Å². The van der Waals surface area contributed by atoms with Gasteiger partial charge in [0.2, 0.25) is 0 Å². The number of benzene rings is 1. The van der Waals surface area contributed by atoms with Crippen LogP contribution in [0.2, 0.25) is 0 Å². The highest BCUT2D eigenvalue weighted by Gasteiger charge is 2.15. The molecule has 0 aliphatic carbocycles. The second-order valence-corrected chi connectivity index (χ2v) is 5.82. The van der Waals surface area contributed by atoms with Crippen LogP contribution in [0.15, 0.2) is 24.5 Å². The minimum atomic E-state index is -0.743. The van der Waals surface area contributed by atoms with E-state index in [1.165, 1.54) is 6.33 Å². The van der Waals surface area contributed by atoms with Crippen LogP contribution >= 0.6 is 0 Å². The summed E-state index contributed by atoms with van der Waals surface area (Å²) >= 11 is 0. The summed E-state index contributed by atoms with van der Waals surface area (Å²) in [5.74, 6) is -0.356. The lowest BCUT2D eigenvalue weighted by atomic mass is 10.1. The molecule has 0 atom stereocenters. The number of carbonyl (C=O) groups excluding carboxylic acids is 1. The maximum atomic E-state index is 12.3. The van der Waals surface area contributed by atoms with Crippen molar-refractivity contribution in [2.45, 2.75) is 6.42 Å². The van der Waals surface area contributed by atoms with Crippen LogP contribution in [0.5, 0.6) is 0 Å². The number of nitrogens with one attached hydrogen (secondary N) is 1. The third-order valence-electron chi connectivity index (χ3n) is 3.98. The molecular formula is C15H16N8O5-2. The summed E-state index contributed by atoms with van der Waals surface area (Å²) in [5, 5.41) is 46.6. The van der Waals surface area contributed by atoms with Crippen LogP contribution in [-0.4, -0.2) is 42.6 Å². The summed E-state index contributed by atoms with van der Waals surface area (Å²) in [6.45, 7) is 0.152. The predicted molar refractivity (Wildman–Crippen MR) is 98.5 cm³/mol. The first-order valence-electron chi connectivity index (χ1n) is 7.95. The second kappa shape index (κ2) is 7.61. The number of nitrogens with two attached hydrogens (primary N) is 1. The number of hydrogen-bond donors (Lipinski definition) is 4. The molecule has 0 saturated carbocycles. The molecule has 1 amide bonds. The van der Waals surface area contributed by atoms with Crippen molar-refractivity contribution in [1.29, 1.82) is 0 Å². The van der Waals surface area contributed by atoms with Crippen LogP contribution < -0.4 is 21.5 Å². The molecule has 0 radical (unpaired) electrons. The van der Waals surface area contributed by atoms with Gasteiger partial charge in [0.15, 0.2) is 5.65 Å². The Morgan fingerprint density at radius 3 is 2.64 bits per heavy atom. The lowest BCUT2D eigenvalue weighted by Gasteiger charge is -2.38. The molecule has 0 saturated heterocycles. The Labute approximate surface area is 157 Å². The molecule has 2 aromatic heterocycles. The fourth-order valence-corrected chi connectivity index (χ4v) is 2.71. The Balaban J connectivity index is 1.75. The van der Waals surface area contributed by atoms with Crippen molar-refractivity contribution in [2.75, 3.05) is 22.7 Å². The van der Waals surface area contributed by atoms with Gasteiger partial charge in [-0.3, -0.25) is 19.9 Å². The average Bonchev–Trinajstić information content (AvgIpc) is 2.98. The third kappa shape index (κ3) is 3.77. The maximum absolute atomic E-state index is 12.3. The zero-order valence-electron chi connectivity index (χ0n) is 14.6. The molecule has 0 aliphatic heterocycles. The van der Waals surface area contributed by atoms with Crippen molar-refractivity contribution in [3.05, 3.63) is 46.2 Å². The van der Waals surface area contributed by atoms with E-state index in [4.69, 9.17) is 16.1 Å². The van der Waals surface area contributed by atoms with Crippen LogP contribution in [0, 0.1) is 10.4 Å². The molecule has 0 spiro atoms. The van der Waals surface area contributed by atoms with Crippen molar-refractivity contribution in [1.82, 2.24) is 25.1 Å². The van der Waals surface area contributed by atoms with Gasteiger partial charge in [-0.25, -0.2) is 9.97 Å². The van der Waals surface area contributed by atoms with Gasteiger partial charge in [-0.1, -0.05) is 0 Å². The van der Waals surface area contributed by atoms with E-state index in [1.54, 1.807) is 11.7 Å². The van der Waals surface area contributed by atoms with Gasteiger partial charge in [0.05, 0.1) is 16.8 Å². The molecular weight excluding hydrogens is 372 g/mol. The second-order valence-electron chi connectivity index (χ2n) is 5.82. The highest BCUT2D eigenvalue weighted by molar-refractivity contribution is 5.96. The summed E-state index contributed by atoms with van der Waals surface area (Å²) in [4.78, 5) is 20.4. The molecule has 28 heavy (non-hydrogen) atoms. The van der Waals surface area contributed by atoms with E-state index >= 15 is 0 Å². The minimum Gasteiger partial charge on any atom is -0.769 e. The number of aromatic nitrogens is 4. The molecule has 2 heterocycles. The predicted octanol–water partition coefficient (Wildman–Crippen LogP) is 0.305. The zero-order valence-corrected chi connectivity index (χ0v) is 14.6. The van der Waals surface area contributed by atoms with Gasteiger partial charge in [0, 0.05) is 31.3 Å². The Bertz CT molecular complexity index is 993. The first-order valence-corrected chi connectivity index (χ1v) is 7.95. The molecule has 148 valence electrons. The normalized spacial score (nSPS) is 10.9. The van der Waals surface area contributed by atoms with Crippen molar-refractivity contribution in [2.24, 2.45) is 7.05 Å². The Hall–Kier alpha value is -3.52. The number of carbonyl (C=O) groups is 1. The Morgan fingerprint density at radius 1 is 1.25 bits per heavy atom. The molecule has 0 unspecified atom stereocenters.